The molecule has 0 unspecified atom stereocenters. The van der Waals surface area contributed by atoms with Crippen LogP contribution >= 0.6 is 11.6 Å². The molecule has 3 aromatic rings. The number of hydrogen-bond acceptors (Lipinski definition) is 2. The third-order valence-corrected chi connectivity index (χ3v) is 3.85. The molecule has 0 atom stereocenters. The molecule has 23 heavy (non-hydrogen) atoms. The molecule has 0 fully saturated rings. The second-order valence-corrected chi connectivity index (χ2v) is 5.69. The summed E-state index contributed by atoms with van der Waals surface area (Å²) in [4.78, 5) is 12.4. The van der Waals surface area contributed by atoms with Crippen molar-refractivity contribution in [1.82, 2.24) is 9.78 Å². The van der Waals surface area contributed by atoms with Crippen molar-refractivity contribution < 1.29 is 4.79 Å². The Bertz CT molecular complexity index is 856. The van der Waals surface area contributed by atoms with Crippen LogP contribution in [0.1, 0.15) is 21.7 Å². The molecule has 0 saturated heterocycles. The minimum Gasteiger partial charge on any atom is -0.319 e. The van der Waals surface area contributed by atoms with Crippen molar-refractivity contribution in [2.75, 3.05) is 5.32 Å². The smallest absolute Gasteiger partial charge is 0.255 e. The number of hydrogen-bond donors (Lipinski definition) is 1. The van der Waals surface area contributed by atoms with E-state index < -0.39 is 0 Å². The maximum atomic E-state index is 12.4. The standard InChI is InChI=1S/C18H16ClN3O/c1-12-17(20-18(23)14-7-6-8-15(19)11-14)13(2)22(21-12)16-9-4-3-5-10-16/h3-11H,1-2H3,(H,20,23). The van der Waals surface area contributed by atoms with E-state index >= 15 is 0 Å². The van der Waals surface area contributed by atoms with Crippen molar-refractivity contribution in [2.24, 2.45) is 0 Å². The zero-order valence-corrected chi connectivity index (χ0v) is 13.6. The number of para-hydroxylation sites is 1. The van der Waals surface area contributed by atoms with Crippen molar-refractivity contribution in [3.8, 4) is 5.69 Å². The fraction of sp³-hybridized carbons (Fsp3) is 0.111. The molecule has 5 heteroatoms. The van der Waals surface area contributed by atoms with Crippen LogP contribution in [-0.4, -0.2) is 15.7 Å². The number of nitrogens with zero attached hydrogens (tertiary/aromatic N) is 2. The summed E-state index contributed by atoms with van der Waals surface area (Å²) >= 11 is 5.94. The first-order valence-electron chi connectivity index (χ1n) is 7.25. The first-order chi connectivity index (χ1) is 11.1. The minimum absolute atomic E-state index is 0.202. The largest absolute Gasteiger partial charge is 0.319 e. The van der Waals surface area contributed by atoms with Gasteiger partial charge in [0.15, 0.2) is 0 Å². The Kier molecular flexibility index (Phi) is 4.17. The van der Waals surface area contributed by atoms with Gasteiger partial charge in [0.05, 0.1) is 22.8 Å². The summed E-state index contributed by atoms with van der Waals surface area (Å²) in [6, 6.07) is 16.7. The van der Waals surface area contributed by atoms with Gasteiger partial charge in [0, 0.05) is 10.6 Å². The second-order valence-electron chi connectivity index (χ2n) is 5.26. The van der Waals surface area contributed by atoms with Gasteiger partial charge in [0.1, 0.15) is 0 Å². The van der Waals surface area contributed by atoms with Gasteiger partial charge in [-0.05, 0) is 44.2 Å². The van der Waals surface area contributed by atoms with E-state index in [4.69, 9.17) is 11.6 Å². The van der Waals surface area contributed by atoms with E-state index in [1.165, 1.54) is 0 Å². The highest BCUT2D eigenvalue weighted by molar-refractivity contribution is 6.31. The molecule has 0 aliphatic heterocycles. The Morgan fingerprint density at radius 3 is 2.52 bits per heavy atom. The van der Waals surface area contributed by atoms with Crippen molar-refractivity contribution in [2.45, 2.75) is 13.8 Å². The Balaban J connectivity index is 1.92. The van der Waals surface area contributed by atoms with Crippen LogP contribution in [0.4, 0.5) is 5.69 Å². The average molecular weight is 326 g/mol. The first kappa shape index (κ1) is 15.3. The van der Waals surface area contributed by atoms with Crippen LogP contribution in [-0.2, 0) is 0 Å². The van der Waals surface area contributed by atoms with Crippen LogP contribution in [0.2, 0.25) is 5.02 Å². The van der Waals surface area contributed by atoms with E-state index in [1.54, 1.807) is 24.3 Å². The second kappa shape index (κ2) is 6.26. The van der Waals surface area contributed by atoms with Gasteiger partial charge in [-0.2, -0.15) is 5.10 Å². The van der Waals surface area contributed by atoms with E-state index in [0.29, 0.717) is 10.6 Å². The number of halogens is 1. The molecule has 0 aliphatic carbocycles. The van der Waals surface area contributed by atoms with E-state index in [1.807, 2.05) is 48.9 Å². The summed E-state index contributed by atoms with van der Waals surface area (Å²) in [5.41, 5.74) is 3.84. The first-order valence-corrected chi connectivity index (χ1v) is 7.62. The number of benzene rings is 2. The predicted octanol–water partition coefficient (Wildman–Crippen LogP) is 4.39. The molecule has 1 aromatic heterocycles. The molecular weight excluding hydrogens is 310 g/mol. The summed E-state index contributed by atoms with van der Waals surface area (Å²) in [5, 5.41) is 7.99. The van der Waals surface area contributed by atoms with Crippen LogP contribution in [0.5, 0.6) is 0 Å². The Morgan fingerprint density at radius 2 is 1.83 bits per heavy atom. The highest BCUT2D eigenvalue weighted by Gasteiger charge is 2.16. The van der Waals surface area contributed by atoms with Crippen LogP contribution in [0.15, 0.2) is 54.6 Å². The Hall–Kier alpha value is -2.59. The van der Waals surface area contributed by atoms with Crippen LogP contribution in [0.3, 0.4) is 0 Å². The SMILES string of the molecule is Cc1nn(-c2ccccc2)c(C)c1NC(=O)c1cccc(Cl)c1. The summed E-state index contributed by atoms with van der Waals surface area (Å²) in [5.74, 6) is -0.202. The lowest BCUT2D eigenvalue weighted by atomic mass is 10.2. The zero-order valence-electron chi connectivity index (χ0n) is 12.9. The van der Waals surface area contributed by atoms with Gasteiger partial charge in [-0.15, -0.1) is 0 Å². The van der Waals surface area contributed by atoms with E-state index in [9.17, 15) is 4.79 Å². The monoisotopic (exact) mass is 325 g/mol. The Morgan fingerprint density at radius 1 is 1.09 bits per heavy atom. The maximum Gasteiger partial charge on any atom is 0.255 e. The van der Waals surface area contributed by atoms with Gasteiger partial charge in [0.2, 0.25) is 0 Å². The fourth-order valence-electron chi connectivity index (χ4n) is 2.46. The molecule has 0 aliphatic rings. The summed E-state index contributed by atoms with van der Waals surface area (Å²) in [6.07, 6.45) is 0. The number of nitrogens with one attached hydrogen (secondary N) is 1. The quantitative estimate of drug-likeness (QED) is 0.776. The summed E-state index contributed by atoms with van der Waals surface area (Å²) < 4.78 is 1.82. The zero-order chi connectivity index (χ0) is 16.4. The van der Waals surface area contributed by atoms with Crippen molar-refractivity contribution >= 4 is 23.2 Å². The van der Waals surface area contributed by atoms with E-state index in [-0.39, 0.29) is 5.91 Å². The number of anilines is 1. The molecular formula is C18H16ClN3O. The van der Waals surface area contributed by atoms with Crippen LogP contribution in [0, 0.1) is 13.8 Å². The van der Waals surface area contributed by atoms with Gasteiger partial charge < -0.3 is 5.32 Å². The molecule has 2 aromatic carbocycles. The topological polar surface area (TPSA) is 46.9 Å². The third kappa shape index (κ3) is 3.12. The maximum absolute atomic E-state index is 12.4. The Labute approximate surface area is 139 Å². The minimum atomic E-state index is -0.202. The van der Waals surface area contributed by atoms with Crippen molar-refractivity contribution in [3.63, 3.8) is 0 Å². The van der Waals surface area contributed by atoms with Crippen molar-refractivity contribution in [1.29, 1.82) is 0 Å². The van der Waals surface area contributed by atoms with E-state index in [2.05, 4.69) is 10.4 Å². The third-order valence-electron chi connectivity index (χ3n) is 3.62. The molecule has 1 heterocycles. The van der Waals surface area contributed by atoms with Crippen molar-refractivity contribution in [3.05, 3.63) is 76.6 Å². The molecule has 1 amide bonds. The van der Waals surface area contributed by atoms with Gasteiger partial charge in [-0.25, -0.2) is 4.68 Å². The van der Waals surface area contributed by atoms with E-state index in [0.717, 1.165) is 22.8 Å². The number of amides is 1. The molecule has 4 nitrogen and oxygen atoms in total. The lowest BCUT2D eigenvalue weighted by Gasteiger charge is -2.07. The molecule has 0 radical (unpaired) electrons. The summed E-state index contributed by atoms with van der Waals surface area (Å²) in [7, 11) is 0. The number of rotatable bonds is 3. The molecule has 0 bridgehead atoms. The fourth-order valence-corrected chi connectivity index (χ4v) is 2.65. The highest BCUT2D eigenvalue weighted by Crippen LogP contribution is 2.23. The normalized spacial score (nSPS) is 10.6. The predicted molar refractivity (Wildman–Crippen MR) is 92.4 cm³/mol. The van der Waals surface area contributed by atoms with Gasteiger partial charge in [-0.1, -0.05) is 35.9 Å². The number of carbonyl (C=O) groups is 1. The van der Waals surface area contributed by atoms with Crippen LogP contribution in [0.25, 0.3) is 5.69 Å². The van der Waals surface area contributed by atoms with Gasteiger partial charge in [-0.3, -0.25) is 4.79 Å². The molecule has 3 rings (SSSR count). The molecule has 116 valence electrons. The van der Waals surface area contributed by atoms with Gasteiger partial charge >= 0.3 is 0 Å². The summed E-state index contributed by atoms with van der Waals surface area (Å²) in [6.45, 7) is 3.81. The number of aryl methyl sites for hydroxylation is 1. The number of carbonyl (C=O) groups excluding carboxylic acids is 1. The molecule has 0 spiro atoms. The highest BCUT2D eigenvalue weighted by atomic mass is 35.5. The lowest BCUT2D eigenvalue weighted by molar-refractivity contribution is 0.102. The number of aromatic nitrogens is 2. The molecule has 1 N–H and O–H groups in total. The molecule has 0 saturated carbocycles. The van der Waals surface area contributed by atoms with Gasteiger partial charge in [0.25, 0.3) is 5.91 Å². The lowest BCUT2D eigenvalue weighted by Crippen LogP contribution is -2.13. The average Bonchev–Trinajstić information content (AvgIpc) is 2.84. The van der Waals surface area contributed by atoms with Crippen LogP contribution < -0.4 is 5.32 Å².